The molecule has 5 radical (unpaired) electrons. The molecule has 0 unspecified atom stereocenters. The molecule has 0 saturated heterocycles. The fraction of sp³-hybridized carbons (Fsp3) is 0.0899. The van der Waals surface area contributed by atoms with Gasteiger partial charge in [-0.1, -0.05) is 207 Å². The van der Waals surface area contributed by atoms with Crippen LogP contribution in [0.25, 0.3) is 121 Å². The molecule has 2 aliphatic rings. The maximum Gasteiger partial charge on any atom is 0.0459 e. The Morgan fingerprint density at radius 1 is 0.330 bits per heavy atom. The van der Waals surface area contributed by atoms with E-state index in [-0.39, 0.29) is 117 Å². The molecule has 0 atom stereocenters. The van der Waals surface area contributed by atoms with Crippen molar-refractivity contribution in [1.29, 1.82) is 0 Å². The first kappa shape index (κ1) is 75.8. The smallest absolute Gasteiger partial charge is 0.0459 e. The summed E-state index contributed by atoms with van der Waals surface area (Å²) >= 11 is 0. The van der Waals surface area contributed by atoms with Gasteiger partial charge in [-0.05, 0) is 126 Å². The van der Waals surface area contributed by atoms with Crippen molar-refractivity contribution in [2.24, 2.45) is 0 Å². The molecule has 18 rings (SSSR count). The van der Waals surface area contributed by atoms with Crippen LogP contribution in [0.5, 0.6) is 0 Å². The van der Waals surface area contributed by atoms with Gasteiger partial charge < -0.3 is 24.9 Å². The maximum absolute atomic E-state index is 14.4. The van der Waals surface area contributed by atoms with Gasteiger partial charge in [-0.15, -0.1) is 153 Å². The molecule has 0 spiro atoms. The monoisotopic (exact) mass is 2190 g/mol. The second-order valence-electron chi connectivity index (χ2n) is 24.9. The number of aromatic nitrogens is 5. The van der Waals surface area contributed by atoms with E-state index in [1.165, 1.54) is 71.6 Å². The average Bonchev–Trinajstić information content (AvgIpc) is 0.725. The summed E-state index contributed by atoms with van der Waals surface area (Å²) in [5, 5.41) is 12.0. The van der Waals surface area contributed by atoms with E-state index in [9.17, 15) is 4.39 Å². The van der Waals surface area contributed by atoms with Crippen molar-refractivity contribution < 1.29 is 105 Å². The summed E-state index contributed by atoms with van der Waals surface area (Å²) in [5.74, 6) is -0.183. The zero-order valence-corrected chi connectivity index (χ0v) is 67.4. The van der Waals surface area contributed by atoms with E-state index in [0.717, 1.165) is 83.6 Å². The van der Waals surface area contributed by atoms with Crippen LogP contribution in [0.15, 0.2) is 286 Å². The van der Waals surface area contributed by atoms with Gasteiger partial charge in [0.05, 0.1) is 0 Å². The first-order chi connectivity index (χ1) is 46.4. The number of halogens is 1. The van der Waals surface area contributed by atoms with Crippen LogP contribution in [0.3, 0.4) is 0 Å². The van der Waals surface area contributed by atoms with Crippen molar-refractivity contribution in [2.45, 2.75) is 52.4 Å². The van der Waals surface area contributed by atoms with Gasteiger partial charge in [0.1, 0.15) is 0 Å². The minimum absolute atomic E-state index is 0. The normalized spacial score (nSPS) is 11.9. The molecule has 5 heterocycles. The van der Waals surface area contributed by atoms with Crippen LogP contribution in [-0.4, -0.2) is 24.9 Å². The quantitative estimate of drug-likeness (QED) is 0.164. The SMILES string of the molecule is CC1(C)c2c([c-]ccc2F)-c2nccc3cccc1c23.CC1(C)c2ccc[c-]c2-c2nccc3cccc1c23.Cc1cnc(-c2[c-]ccc3ccccc23)cc1C.[Ir].[Ir].[Ir].[Ir].[Ir].[c-]1ccc2ccccc2c1-c1ccccn1.[c-]1ccccc1-c1ncc(-c2ccccc2)c2ccccc12. The average molecular weight is 2180 g/mol. The van der Waals surface area contributed by atoms with Crippen LogP contribution < -0.4 is 0 Å². The predicted octanol–water partition coefficient (Wildman–Crippen LogP) is 22.2. The number of rotatable bonds is 4. The Kier molecular flexibility index (Phi) is 25.3. The molecule has 0 bridgehead atoms. The summed E-state index contributed by atoms with van der Waals surface area (Å²) in [7, 11) is 0. The first-order valence-electron chi connectivity index (χ1n) is 32.0. The zero-order chi connectivity index (χ0) is 65.0. The molecule has 5 nitrogen and oxygen atoms in total. The first-order valence-corrected chi connectivity index (χ1v) is 32.0. The number of nitrogens with zero attached hydrogens (tertiary/aromatic N) is 5. The van der Waals surface area contributed by atoms with Gasteiger partial charge in [-0.2, -0.15) is 0 Å². The third-order valence-electron chi connectivity index (χ3n) is 18.3. The molecule has 100 heavy (non-hydrogen) atoms. The molecular formula is C89H65FIr5N5-5. The summed E-state index contributed by atoms with van der Waals surface area (Å²) in [6, 6.07) is 102. The Hall–Kier alpha value is -8.35. The zero-order valence-electron chi connectivity index (χ0n) is 55.4. The Balaban J connectivity index is 0.000000144. The third kappa shape index (κ3) is 15.1. The molecule has 0 amide bonds. The number of hydrogen-bond acceptors (Lipinski definition) is 5. The van der Waals surface area contributed by atoms with E-state index >= 15 is 0 Å². The van der Waals surface area contributed by atoms with Crippen molar-refractivity contribution in [2.75, 3.05) is 0 Å². The molecule has 11 aromatic carbocycles. The number of pyridine rings is 5. The van der Waals surface area contributed by atoms with E-state index in [1.54, 1.807) is 12.3 Å². The van der Waals surface area contributed by atoms with Crippen LogP contribution in [0.4, 0.5) is 4.39 Å². The molecule has 2 aliphatic carbocycles. The molecule has 0 aliphatic heterocycles. The summed E-state index contributed by atoms with van der Waals surface area (Å²) < 4.78 is 14.4. The number of hydrogen-bond donors (Lipinski definition) is 0. The van der Waals surface area contributed by atoms with Crippen LogP contribution in [-0.2, 0) is 111 Å². The summed E-state index contributed by atoms with van der Waals surface area (Å²) in [5.41, 5.74) is 18.9. The fourth-order valence-corrected chi connectivity index (χ4v) is 13.4. The Morgan fingerprint density at radius 2 is 0.850 bits per heavy atom. The molecule has 11 heteroatoms. The number of fused-ring (bicyclic) bond motifs is 7. The van der Waals surface area contributed by atoms with E-state index < -0.39 is 0 Å². The van der Waals surface area contributed by atoms with Crippen molar-refractivity contribution in [3.8, 4) is 67.4 Å². The number of aryl methyl sites for hydroxylation is 2. The van der Waals surface area contributed by atoms with Gasteiger partial charge in [0.25, 0.3) is 0 Å². The van der Waals surface area contributed by atoms with E-state index in [2.05, 4.69) is 250 Å². The molecule has 0 N–H and O–H groups in total. The second-order valence-corrected chi connectivity index (χ2v) is 24.9. The largest absolute Gasteiger partial charge is 0.305 e. The molecular weight excluding hydrogens is 2120 g/mol. The summed E-state index contributed by atoms with van der Waals surface area (Å²) in [4.78, 5) is 22.7. The Morgan fingerprint density at radius 3 is 1.47 bits per heavy atom. The van der Waals surface area contributed by atoms with E-state index in [0.29, 0.717) is 5.56 Å². The van der Waals surface area contributed by atoms with Crippen LogP contribution in [0, 0.1) is 50.0 Å². The summed E-state index contributed by atoms with van der Waals surface area (Å²) in [6.07, 6.45) is 9.38. The second kappa shape index (κ2) is 33.4. The molecule has 16 aromatic rings. The van der Waals surface area contributed by atoms with Crippen molar-refractivity contribution in [3.05, 3.63) is 355 Å². The standard InChI is InChI=1S/C21H14N.C18H13FN.C18H14N.C17H14N.C15H10N.5Ir/c1-3-9-16(10-4-1)20-15-22-21(17-11-5-2-6-12-17)19-14-8-7-13-18(19)20;1-18(2)13-7-3-5-11-9-10-20-17(15(11)13)12-6-4-8-14(19)16(12)18;1-18(2)14-8-4-3-7-13(14)17-16-12(10-11-19-17)6-5-9-15(16)18;1-12-10-17(18-11-13(12)2)16-9-5-7-14-6-3-4-8-15(14)16;1-2-8-13-12(6-1)7-5-9-14(13)15-10-3-4-11-16-15;;;;;/h1-11,13-15H;3-5,7-10H,1-2H3;3-6,8-11H,1-2H3;3-8,10-11H,1-2H3;1-8,10-11H;;;;;/q5*-1;;;;;. The van der Waals surface area contributed by atoms with Gasteiger partial charge in [0, 0.05) is 143 Å². The van der Waals surface area contributed by atoms with Crippen molar-refractivity contribution >= 4 is 53.9 Å². The predicted molar refractivity (Wildman–Crippen MR) is 389 cm³/mol. The third-order valence-corrected chi connectivity index (χ3v) is 18.3. The Labute approximate surface area is 652 Å². The van der Waals surface area contributed by atoms with Crippen LogP contribution in [0.1, 0.15) is 61.1 Å². The van der Waals surface area contributed by atoms with E-state index in [4.69, 9.17) is 4.98 Å². The topological polar surface area (TPSA) is 64.5 Å². The minimum Gasteiger partial charge on any atom is -0.305 e. The molecule has 503 valence electrons. The van der Waals surface area contributed by atoms with Gasteiger partial charge in [-0.3, -0.25) is 0 Å². The molecule has 0 saturated carbocycles. The fourth-order valence-electron chi connectivity index (χ4n) is 13.4. The van der Waals surface area contributed by atoms with Gasteiger partial charge in [0.15, 0.2) is 0 Å². The van der Waals surface area contributed by atoms with E-state index in [1.807, 2.05) is 110 Å². The van der Waals surface area contributed by atoms with Crippen LogP contribution >= 0.6 is 0 Å². The summed E-state index contributed by atoms with van der Waals surface area (Å²) in [6.45, 7) is 12.9. The molecule has 5 aromatic heterocycles. The van der Waals surface area contributed by atoms with Crippen molar-refractivity contribution in [1.82, 2.24) is 24.9 Å². The van der Waals surface area contributed by atoms with Crippen LogP contribution in [0.2, 0.25) is 0 Å². The van der Waals surface area contributed by atoms with Gasteiger partial charge in [0.2, 0.25) is 0 Å². The Bertz CT molecular complexity index is 5400. The molecule has 0 fully saturated rings. The minimum atomic E-state index is -0.382. The van der Waals surface area contributed by atoms with Gasteiger partial charge >= 0.3 is 0 Å². The van der Waals surface area contributed by atoms with Gasteiger partial charge in [-0.25, -0.2) is 4.39 Å². The maximum atomic E-state index is 14.4. The number of benzene rings is 11. The van der Waals surface area contributed by atoms with Crippen molar-refractivity contribution in [3.63, 3.8) is 0 Å².